The predicted octanol–water partition coefficient (Wildman–Crippen LogP) is 0.899. The molecule has 1 aromatic heterocycles. The summed E-state index contributed by atoms with van der Waals surface area (Å²) >= 11 is 0. The van der Waals surface area contributed by atoms with E-state index in [-0.39, 0.29) is 5.91 Å². The van der Waals surface area contributed by atoms with Gasteiger partial charge >= 0.3 is 0 Å². The molecule has 3 heteroatoms. The number of fused-ring (bicyclic) bond motifs is 1. The summed E-state index contributed by atoms with van der Waals surface area (Å²) in [4.78, 5) is 13.9. The minimum atomic E-state index is 0.118. The number of rotatable bonds is 0. The SMILES string of the molecule is O=C1CCc2[nH]ccc2N1. The fourth-order valence-corrected chi connectivity index (χ4v) is 1.18. The summed E-state index contributed by atoms with van der Waals surface area (Å²) in [6, 6.07) is 1.88. The first-order chi connectivity index (χ1) is 4.86. The number of aromatic amines is 1. The van der Waals surface area contributed by atoms with Crippen LogP contribution in [0.15, 0.2) is 12.3 Å². The summed E-state index contributed by atoms with van der Waals surface area (Å²) in [6.45, 7) is 0. The summed E-state index contributed by atoms with van der Waals surface area (Å²) in [6.07, 6.45) is 3.29. The summed E-state index contributed by atoms with van der Waals surface area (Å²) in [5, 5.41) is 2.77. The van der Waals surface area contributed by atoms with Crippen molar-refractivity contribution in [3.8, 4) is 0 Å². The van der Waals surface area contributed by atoms with Gasteiger partial charge in [0.2, 0.25) is 5.91 Å². The molecule has 0 fully saturated rings. The molecule has 1 aromatic rings. The van der Waals surface area contributed by atoms with Crippen LogP contribution in [0.25, 0.3) is 0 Å². The van der Waals surface area contributed by atoms with E-state index in [0.717, 1.165) is 17.8 Å². The van der Waals surface area contributed by atoms with E-state index in [2.05, 4.69) is 10.3 Å². The van der Waals surface area contributed by atoms with Crippen LogP contribution in [0.4, 0.5) is 5.69 Å². The van der Waals surface area contributed by atoms with Crippen molar-refractivity contribution in [2.45, 2.75) is 12.8 Å². The minimum absolute atomic E-state index is 0.118. The number of aromatic nitrogens is 1. The maximum Gasteiger partial charge on any atom is 0.224 e. The fourth-order valence-electron chi connectivity index (χ4n) is 1.18. The average Bonchev–Trinajstić information content (AvgIpc) is 2.33. The summed E-state index contributed by atoms with van der Waals surface area (Å²) < 4.78 is 0. The lowest BCUT2D eigenvalue weighted by molar-refractivity contribution is -0.116. The van der Waals surface area contributed by atoms with Gasteiger partial charge in [0.15, 0.2) is 0 Å². The van der Waals surface area contributed by atoms with E-state index in [0.29, 0.717) is 6.42 Å². The van der Waals surface area contributed by atoms with E-state index >= 15 is 0 Å². The van der Waals surface area contributed by atoms with E-state index < -0.39 is 0 Å². The Hall–Kier alpha value is -1.25. The zero-order valence-corrected chi connectivity index (χ0v) is 5.48. The first kappa shape index (κ1) is 5.53. The number of carbonyl (C=O) groups excluding carboxylic acids is 1. The highest BCUT2D eigenvalue weighted by atomic mass is 16.1. The number of hydrogen-bond donors (Lipinski definition) is 2. The van der Waals surface area contributed by atoms with Gasteiger partial charge in [0.05, 0.1) is 5.69 Å². The first-order valence-electron chi connectivity index (χ1n) is 3.32. The molecule has 0 bridgehead atoms. The molecule has 1 amide bonds. The van der Waals surface area contributed by atoms with Gasteiger partial charge in [0.25, 0.3) is 0 Å². The highest BCUT2D eigenvalue weighted by Gasteiger charge is 2.13. The van der Waals surface area contributed by atoms with Crippen molar-refractivity contribution >= 4 is 11.6 Å². The molecule has 0 radical (unpaired) electrons. The second kappa shape index (κ2) is 1.87. The van der Waals surface area contributed by atoms with Crippen molar-refractivity contribution in [1.82, 2.24) is 4.98 Å². The molecule has 0 atom stereocenters. The van der Waals surface area contributed by atoms with Gasteiger partial charge in [-0.05, 0) is 12.5 Å². The molecule has 2 heterocycles. The second-order valence-electron chi connectivity index (χ2n) is 2.42. The van der Waals surface area contributed by atoms with Gasteiger partial charge in [-0.25, -0.2) is 0 Å². The monoisotopic (exact) mass is 136 g/mol. The molecule has 0 aliphatic carbocycles. The highest BCUT2D eigenvalue weighted by molar-refractivity contribution is 5.93. The molecular formula is C7H8N2O. The molecule has 0 spiro atoms. The van der Waals surface area contributed by atoms with Crippen LogP contribution in [-0.2, 0) is 11.2 Å². The van der Waals surface area contributed by atoms with Gasteiger partial charge in [0.1, 0.15) is 0 Å². The van der Waals surface area contributed by atoms with Crippen molar-refractivity contribution < 1.29 is 4.79 Å². The lowest BCUT2D eigenvalue weighted by atomic mass is 10.1. The average molecular weight is 136 g/mol. The number of carbonyl (C=O) groups is 1. The molecule has 1 aliphatic heterocycles. The quantitative estimate of drug-likeness (QED) is 0.546. The molecule has 10 heavy (non-hydrogen) atoms. The van der Waals surface area contributed by atoms with E-state index in [1.54, 1.807) is 0 Å². The van der Waals surface area contributed by atoms with E-state index in [4.69, 9.17) is 0 Å². The van der Waals surface area contributed by atoms with Crippen LogP contribution in [0.2, 0.25) is 0 Å². The van der Waals surface area contributed by atoms with Gasteiger partial charge in [0, 0.05) is 18.3 Å². The molecule has 0 aromatic carbocycles. The molecule has 3 nitrogen and oxygen atoms in total. The summed E-state index contributed by atoms with van der Waals surface area (Å²) in [5.41, 5.74) is 2.08. The Morgan fingerprint density at radius 3 is 3.20 bits per heavy atom. The molecular weight excluding hydrogens is 128 g/mol. The molecule has 0 saturated heterocycles. The van der Waals surface area contributed by atoms with Crippen LogP contribution in [0, 0.1) is 0 Å². The largest absolute Gasteiger partial charge is 0.363 e. The Labute approximate surface area is 58.4 Å². The molecule has 2 N–H and O–H groups in total. The first-order valence-corrected chi connectivity index (χ1v) is 3.32. The van der Waals surface area contributed by atoms with E-state index in [9.17, 15) is 4.79 Å². The molecule has 0 unspecified atom stereocenters. The smallest absolute Gasteiger partial charge is 0.224 e. The van der Waals surface area contributed by atoms with Gasteiger partial charge in [-0.2, -0.15) is 0 Å². The molecule has 2 rings (SSSR count). The van der Waals surface area contributed by atoms with Crippen LogP contribution >= 0.6 is 0 Å². The van der Waals surface area contributed by atoms with Gasteiger partial charge < -0.3 is 10.3 Å². The van der Waals surface area contributed by atoms with Crippen LogP contribution in [0.5, 0.6) is 0 Å². The Bertz CT molecular complexity index is 264. The van der Waals surface area contributed by atoms with Crippen LogP contribution < -0.4 is 5.32 Å². The number of anilines is 1. The Balaban J connectivity index is 2.39. The van der Waals surface area contributed by atoms with Crippen molar-refractivity contribution in [1.29, 1.82) is 0 Å². The number of aryl methyl sites for hydroxylation is 1. The van der Waals surface area contributed by atoms with E-state index in [1.165, 1.54) is 0 Å². The van der Waals surface area contributed by atoms with Crippen molar-refractivity contribution in [3.63, 3.8) is 0 Å². The summed E-state index contributed by atoms with van der Waals surface area (Å²) in [5.74, 6) is 0.118. The van der Waals surface area contributed by atoms with E-state index in [1.807, 2.05) is 12.3 Å². The van der Waals surface area contributed by atoms with Crippen LogP contribution in [0.3, 0.4) is 0 Å². The van der Waals surface area contributed by atoms with Gasteiger partial charge in [-0.15, -0.1) is 0 Å². The standard InChI is InChI=1S/C7H8N2O/c10-7-2-1-5-6(9-7)3-4-8-5/h3-4,8H,1-2H2,(H,9,10). The topological polar surface area (TPSA) is 44.9 Å². The highest BCUT2D eigenvalue weighted by Crippen LogP contribution is 2.19. The Kier molecular flexibility index (Phi) is 1.03. The number of amides is 1. The predicted molar refractivity (Wildman–Crippen MR) is 37.7 cm³/mol. The Morgan fingerprint density at radius 2 is 2.30 bits per heavy atom. The molecule has 1 aliphatic rings. The third-order valence-electron chi connectivity index (χ3n) is 1.71. The lowest BCUT2D eigenvalue weighted by Gasteiger charge is -2.11. The lowest BCUT2D eigenvalue weighted by Crippen LogP contribution is -2.17. The van der Waals surface area contributed by atoms with Crippen LogP contribution in [0.1, 0.15) is 12.1 Å². The molecule has 0 saturated carbocycles. The van der Waals surface area contributed by atoms with Gasteiger partial charge in [-0.3, -0.25) is 4.79 Å². The zero-order valence-electron chi connectivity index (χ0n) is 5.48. The van der Waals surface area contributed by atoms with Gasteiger partial charge in [-0.1, -0.05) is 0 Å². The minimum Gasteiger partial charge on any atom is -0.363 e. The normalized spacial score (nSPS) is 16.2. The number of nitrogens with one attached hydrogen (secondary N) is 2. The zero-order chi connectivity index (χ0) is 6.97. The maximum atomic E-state index is 10.8. The fraction of sp³-hybridized carbons (Fsp3) is 0.286. The maximum absolute atomic E-state index is 10.8. The third-order valence-corrected chi connectivity index (χ3v) is 1.71. The van der Waals surface area contributed by atoms with Crippen molar-refractivity contribution in [3.05, 3.63) is 18.0 Å². The van der Waals surface area contributed by atoms with Crippen LogP contribution in [-0.4, -0.2) is 10.9 Å². The Morgan fingerprint density at radius 1 is 1.40 bits per heavy atom. The summed E-state index contributed by atoms with van der Waals surface area (Å²) in [7, 11) is 0. The molecule has 52 valence electrons. The second-order valence-corrected chi connectivity index (χ2v) is 2.42. The number of hydrogen-bond acceptors (Lipinski definition) is 1. The van der Waals surface area contributed by atoms with Crippen molar-refractivity contribution in [2.75, 3.05) is 5.32 Å². The third kappa shape index (κ3) is 0.708. The van der Waals surface area contributed by atoms with Crippen molar-refractivity contribution in [2.24, 2.45) is 0 Å². The number of H-pyrrole nitrogens is 1.